The Bertz CT molecular complexity index is 2790. The summed E-state index contributed by atoms with van der Waals surface area (Å²) in [5.41, 5.74) is 8.01. The third-order valence-corrected chi connectivity index (χ3v) is 9.08. The molecule has 4 heterocycles. The number of fused-ring (bicyclic) bond motifs is 6. The molecule has 1 aliphatic heterocycles. The van der Waals surface area contributed by atoms with E-state index in [1.54, 1.807) is 10.6 Å². The van der Waals surface area contributed by atoms with Gasteiger partial charge < -0.3 is 13.9 Å². The molecule has 0 aliphatic carbocycles. The van der Waals surface area contributed by atoms with Gasteiger partial charge in [0, 0.05) is 46.4 Å². The van der Waals surface area contributed by atoms with E-state index in [2.05, 4.69) is 115 Å². The molecule has 0 atom stereocenters. The van der Waals surface area contributed by atoms with E-state index in [0.717, 1.165) is 44.3 Å². The number of hydrogen-bond acceptors (Lipinski definition) is 2. The summed E-state index contributed by atoms with van der Waals surface area (Å²) < 4.78 is 38.0. The number of para-hydroxylation sites is 4. The smallest absolute Gasteiger partial charge is 0.509 e. The molecule has 0 N–H and O–H groups in total. The minimum absolute atomic E-state index is 0. The maximum Gasteiger partial charge on any atom is 2.00 e. The molecule has 3 aromatic heterocycles. The molecule has 6 nitrogen and oxygen atoms in total. The normalized spacial score (nSPS) is 13.7. The molecule has 1 aliphatic rings. The minimum atomic E-state index is -2.39. The van der Waals surface area contributed by atoms with Crippen LogP contribution in [0.4, 0.5) is 17.1 Å². The molecule has 244 valence electrons. The van der Waals surface area contributed by atoms with E-state index in [-0.39, 0.29) is 26.5 Å². The Labute approximate surface area is 309 Å². The predicted octanol–water partition coefficient (Wildman–Crippen LogP) is 10.1. The first-order chi connectivity index (χ1) is 25.1. The molecule has 5 aromatic carbocycles. The number of pyridine rings is 1. The predicted molar refractivity (Wildman–Crippen MR) is 197 cm³/mol. The van der Waals surface area contributed by atoms with Crippen LogP contribution in [0.5, 0.6) is 11.5 Å². The van der Waals surface area contributed by atoms with Gasteiger partial charge in [0.25, 0.3) is 11.4 Å². The molecule has 0 bridgehead atoms. The van der Waals surface area contributed by atoms with Gasteiger partial charge in [0.05, 0.1) is 11.0 Å². The van der Waals surface area contributed by atoms with Gasteiger partial charge in [0.2, 0.25) is 0 Å². The molecular formula is C43H33N5OPt+2. The van der Waals surface area contributed by atoms with Crippen LogP contribution in [0.15, 0.2) is 128 Å². The zero-order valence-corrected chi connectivity index (χ0v) is 29.9. The fourth-order valence-electron chi connectivity index (χ4n) is 6.76. The van der Waals surface area contributed by atoms with Crippen LogP contribution in [0.2, 0.25) is 0 Å². The Morgan fingerprint density at radius 1 is 0.740 bits per heavy atom. The molecule has 0 saturated carbocycles. The molecule has 8 aromatic rings. The van der Waals surface area contributed by atoms with Gasteiger partial charge in [-0.15, -0.1) is 18.2 Å². The van der Waals surface area contributed by atoms with Crippen molar-refractivity contribution in [2.45, 2.75) is 26.2 Å². The number of aromatic nitrogens is 3. The van der Waals surface area contributed by atoms with Gasteiger partial charge in [-0.05, 0) is 41.3 Å². The van der Waals surface area contributed by atoms with Gasteiger partial charge in [-0.2, -0.15) is 12.1 Å². The van der Waals surface area contributed by atoms with E-state index in [1.165, 1.54) is 10.1 Å². The van der Waals surface area contributed by atoms with Gasteiger partial charge in [0.15, 0.2) is 6.98 Å². The average molecular weight is 834 g/mol. The quantitative estimate of drug-likeness (QED) is 0.128. The van der Waals surface area contributed by atoms with Gasteiger partial charge in [-0.1, -0.05) is 101 Å². The third kappa shape index (κ3) is 5.11. The first kappa shape index (κ1) is 28.3. The van der Waals surface area contributed by atoms with E-state index < -0.39 is 6.98 Å². The van der Waals surface area contributed by atoms with Crippen LogP contribution in [0.25, 0.3) is 44.3 Å². The monoisotopic (exact) mass is 833 g/mol. The van der Waals surface area contributed by atoms with E-state index in [0.29, 0.717) is 28.6 Å². The van der Waals surface area contributed by atoms with Crippen LogP contribution in [-0.2, 0) is 26.5 Å². The Morgan fingerprint density at radius 3 is 2.30 bits per heavy atom. The number of hydrogen-bond donors (Lipinski definition) is 0. The summed E-state index contributed by atoms with van der Waals surface area (Å²) in [5.74, 6) is 1.75. The summed E-state index contributed by atoms with van der Waals surface area (Å²) >= 11 is 0. The molecule has 0 radical (unpaired) electrons. The third-order valence-electron chi connectivity index (χ3n) is 9.08. The SMILES string of the molecule is [2H]C([2H])([2H])[N+]1=C=[N+](c2[c-]c(Oc3[c-]c4c(cc3)c3c(c5ccccc5n3-c3ccccc3)n4-c3cc(C(C)(C)C)ccn3)ccc2)c2ccccc21.[Pt+2]. The molecule has 9 rings (SSSR count). The minimum Gasteiger partial charge on any atom is -0.509 e. The summed E-state index contributed by atoms with van der Waals surface area (Å²) in [4.78, 5) is 4.93. The van der Waals surface area contributed by atoms with Crippen molar-refractivity contribution in [2.75, 3.05) is 6.98 Å². The molecule has 0 amide bonds. The Morgan fingerprint density at radius 2 is 1.48 bits per heavy atom. The molecule has 0 saturated heterocycles. The van der Waals surface area contributed by atoms with Crippen molar-refractivity contribution in [1.29, 1.82) is 0 Å². The van der Waals surface area contributed by atoms with Crippen molar-refractivity contribution in [3.8, 4) is 23.0 Å². The van der Waals surface area contributed by atoms with Crippen molar-refractivity contribution in [2.24, 2.45) is 0 Å². The number of ether oxygens (including phenoxy) is 1. The van der Waals surface area contributed by atoms with Crippen LogP contribution in [0.1, 0.15) is 30.4 Å². The average Bonchev–Trinajstić information content (AvgIpc) is 3.80. The standard InChI is InChI=1S/C43H33N5O.Pt/c1-43(2,3)29-23-24-44-40(25-29)48-39-27-33(49-32-16-12-15-31(26-32)46-28-45(4)37-19-10-11-20-38(37)46)21-22-35(39)41-42(48)34-17-8-9-18-36(34)47(41)30-13-6-5-7-14-30;/h5-25H,1-4H3;/q;+2/i4D3;. The first-order valence-electron chi connectivity index (χ1n) is 17.7. The maximum atomic E-state index is 8.05. The topological polar surface area (TPSA) is 38.0 Å². The van der Waals surface area contributed by atoms with Gasteiger partial charge >= 0.3 is 27.1 Å². The maximum absolute atomic E-state index is 8.05. The Balaban J connectivity index is 0.00000400. The zero-order valence-electron chi connectivity index (χ0n) is 30.6. The van der Waals surface area contributed by atoms with Crippen molar-refractivity contribution in [1.82, 2.24) is 18.7 Å². The van der Waals surface area contributed by atoms with E-state index in [4.69, 9.17) is 13.8 Å². The van der Waals surface area contributed by atoms with E-state index in [9.17, 15) is 0 Å². The number of rotatable bonds is 5. The van der Waals surface area contributed by atoms with Crippen LogP contribution in [0, 0.1) is 12.1 Å². The summed E-state index contributed by atoms with van der Waals surface area (Å²) in [6, 6.07) is 49.9. The second-order valence-corrected chi connectivity index (χ2v) is 13.2. The van der Waals surface area contributed by atoms with Crippen LogP contribution in [0.3, 0.4) is 0 Å². The first-order valence-corrected chi connectivity index (χ1v) is 16.2. The Kier molecular flexibility index (Phi) is 6.85. The van der Waals surface area contributed by atoms with Crippen molar-refractivity contribution >= 4 is 55.9 Å². The van der Waals surface area contributed by atoms with E-state index >= 15 is 0 Å². The summed E-state index contributed by atoms with van der Waals surface area (Å²) in [5, 5.41) is 2.10. The summed E-state index contributed by atoms with van der Waals surface area (Å²) in [6.07, 6.45) is 1.88. The van der Waals surface area contributed by atoms with Crippen molar-refractivity contribution in [3.05, 3.63) is 145 Å². The largest absolute Gasteiger partial charge is 2.00 e. The van der Waals surface area contributed by atoms with Crippen molar-refractivity contribution < 1.29 is 34.5 Å². The van der Waals surface area contributed by atoms with Crippen LogP contribution < -0.4 is 9.31 Å². The summed E-state index contributed by atoms with van der Waals surface area (Å²) in [7, 11) is 0. The second kappa shape index (κ2) is 12.1. The zero-order chi connectivity index (χ0) is 35.8. The molecule has 0 fully saturated rings. The van der Waals surface area contributed by atoms with E-state index in [1.807, 2.05) is 54.7 Å². The number of nitrogens with zero attached hydrogens (tertiary/aromatic N) is 5. The van der Waals surface area contributed by atoms with Crippen LogP contribution in [-0.4, -0.2) is 31.7 Å². The van der Waals surface area contributed by atoms with Gasteiger partial charge in [-0.25, -0.2) is 4.98 Å². The molecule has 0 unspecified atom stereocenters. The number of benzene rings is 5. The molecule has 0 spiro atoms. The fraction of sp³-hybridized carbons (Fsp3) is 0.116. The molecule has 50 heavy (non-hydrogen) atoms. The van der Waals surface area contributed by atoms with Crippen molar-refractivity contribution in [3.63, 3.8) is 0 Å². The summed E-state index contributed by atoms with van der Waals surface area (Å²) in [6.45, 7) is 4.22. The van der Waals surface area contributed by atoms with Gasteiger partial charge in [0.1, 0.15) is 15.6 Å². The van der Waals surface area contributed by atoms with Crippen LogP contribution >= 0.6 is 0 Å². The Hall–Kier alpha value is -5.54. The van der Waals surface area contributed by atoms with Gasteiger partial charge in [-0.3, -0.25) is 0 Å². The fourth-order valence-corrected chi connectivity index (χ4v) is 6.76. The molecule has 7 heteroatoms. The second-order valence-electron chi connectivity index (χ2n) is 13.2. The molecular weight excluding hydrogens is 798 g/mol.